The normalized spacial score (nSPS) is 27.9. The van der Waals surface area contributed by atoms with Crippen LogP contribution in [0.2, 0.25) is 0 Å². The maximum absolute atomic E-state index is 13.8. The molecular weight excluding hydrogens is 531 g/mol. The van der Waals surface area contributed by atoms with Gasteiger partial charge >= 0.3 is 12.4 Å². The molecule has 2 aromatic carbocycles. The van der Waals surface area contributed by atoms with Crippen LogP contribution in [0.15, 0.2) is 42.5 Å². The predicted octanol–water partition coefficient (Wildman–Crippen LogP) is 6.93. The Morgan fingerprint density at radius 3 is 2.18 bits per heavy atom. The Hall–Kier alpha value is -2.21. The molecule has 0 aliphatic carbocycles. The predicted molar refractivity (Wildman–Crippen MR) is 129 cm³/mol. The quantitative estimate of drug-likeness (QED) is 0.387. The van der Waals surface area contributed by atoms with Crippen LogP contribution in [-0.4, -0.2) is 48.1 Å². The number of benzene rings is 2. The van der Waals surface area contributed by atoms with E-state index in [2.05, 4.69) is 4.90 Å². The Labute approximate surface area is 222 Å². The minimum Gasteiger partial charge on any atom is -0.393 e. The highest BCUT2D eigenvalue weighted by Crippen LogP contribution is 2.44. The molecule has 2 aromatic rings. The molecule has 0 spiro atoms. The van der Waals surface area contributed by atoms with Crippen LogP contribution < -0.4 is 0 Å². The summed E-state index contributed by atoms with van der Waals surface area (Å²) < 4.78 is 106. The summed E-state index contributed by atoms with van der Waals surface area (Å²) in [5.74, 6) is -1.08. The molecule has 2 saturated heterocycles. The zero-order valence-corrected chi connectivity index (χ0v) is 21.6. The molecule has 6 atom stereocenters. The van der Waals surface area contributed by atoms with E-state index in [-0.39, 0.29) is 30.2 Å². The minimum atomic E-state index is -4.98. The maximum Gasteiger partial charge on any atom is 0.416 e. The Morgan fingerprint density at radius 2 is 1.62 bits per heavy atom. The van der Waals surface area contributed by atoms with E-state index < -0.39 is 53.7 Å². The third-order valence-electron chi connectivity index (χ3n) is 7.79. The lowest BCUT2D eigenvalue weighted by Crippen LogP contribution is -2.53. The number of hydrogen-bond acceptors (Lipinski definition) is 4. The Balaban J connectivity index is 1.69. The number of alkyl halides is 6. The standard InChI is InChI=1S/C28H32F7NO3/c1-3-36-10-8-22(37)15-24(36)23-9-11-38-26(25(23)17-4-6-21(29)7-5-17)39-16(2)18-12-19(27(30,31)32)14-20(13-18)28(33,34)35/h4-7,12-14,16,22-26,37H,3,8-11,15H2,1-2H3. The molecule has 4 nitrogen and oxygen atoms in total. The zero-order valence-electron chi connectivity index (χ0n) is 21.6. The van der Waals surface area contributed by atoms with E-state index >= 15 is 0 Å². The summed E-state index contributed by atoms with van der Waals surface area (Å²) in [6, 6.07) is 7.08. The summed E-state index contributed by atoms with van der Waals surface area (Å²) in [7, 11) is 0. The number of hydrogen-bond donors (Lipinski definition) is 1. The Kier molecular flexibility index (Phi) is 8.95. The van der Waals surface area contributed by atoms with Crippen molar-refractivity contribution in [1.29, 1.82) is 0 Å². The number of aliphatic hydroxyl groups is 1. The van der Waals surface area contributed by atoms with E-state index in [9.17, 15) is 35.8 Å². The van der Waals surface area contributed by atoms with Crippen LogP contribution in [-0.2, 0) is 21.8 Å². The molecule has 2 heterocycles. The third kappa shape index (κ3) is 6.93. The van der Waals surface area contributed by atoms with Gasteiger partial charge in [-0.2, -0.15) is 26.3 Å². The van der Waals surface area contributed by atoms with Crippen molar-refractivity contribution < 1.29 is 45.3 Å². The van der Waals surface area contributed by atoms with E-state index in [0.29, 0.717) is 43.5 Å². The molecule has 2 fully saturated rings. The Bertz CT molecular complexity index is 1070. The van der Waals surface area contributed by atoms with E-state index in [1.54, 1.807) is 12.1 Å². The van der Waals surface area contributed by atoms with Crippen LogP contribution in [0.1, 0.15) is 67.4 Å². The van der Waals surface area contributed by atoms with Crippen molar-refractivity contribution >= 4 is 0 Å². The molecule has 39 heavy (non-hydrogen) atoms. The molecule has 11 heteroatoms. The lowest BCUT2D eigenvalue weighted by Gasteiger charge is -2.48. The van der Waals surface area contributed by atoms with Gasteiger partial charge in [0.15, 0.2) is 6.29 Å². The van der Waals surface area contributed by atoms with Crippen LogP contribution in [0.5, 0.6) is 0 Å². The minimum absolute atomic E-state index is 0.0653. The van der Waals surface area contributed by atoms with Gasteiger partial charge in [0.25, 0.3) is 0 Å². The van der Waals surface area contributed by atoms with E-state index in [0.717, 1.165) is 6.54 Å². The molecule has 0 aromatic heterocycles. The van der Waals surface area contributed by atoms with Crippen molar-refractivity contribution in [2.75, 3.05) is 19.7 Å². The number of ether oxygens (including phenoxy) is 2. The van der Waals surface area contributed by atoms with Crippen LogP contribution in [0.3, 0.4) is 0 Å². The van der Waals surface area contributed by atoms with Gasteiger partial charge in [-0.25, -0.2) is 4.39 Å². The molecule has 216 valence electrons. The number of halogens is 7. The first-order valence-electron chi connectivity index (χ1n) is 13.0. The lowest BCUT2D eigenvalue weighted by molar-refractivity contribution is -0.216. The van der Waals surface area contributed by atoms with Gasteiger partial charge in [-0.3, -0.25) is 0 Å². The topological polar surface area (TPSA) is 41.9 Å². The second-order valence-electron chi connectivity index (χ2n) is 10.3. The number of rotatable bonds is 6. The van der Waals surface area contributed by atoms with Crippen molar-refractivity contribution in [2.24, 2.45) is 5.92 Å². The van der Waals surface area contributed by atoms with Gasteiger partial charge in [0.1, 0.15) is 5.82 Å². The SMILES string of the molecule is CCN1CCC(O)CC1C1CCOC(OC(C)c2cc(C(F)(F)F)cc(C(F)(F)F)c2)C1c1ccc(F)cc1. The number of nitrogens with zero attached hydrogens (tertiary/aromatic N) is 1. The molecule has 0 bridgehead atoms. The highest BCUT2D eigenvalue weighted by atomic mass is 19.4. The molecule has 1 N–H and O–H groups in total. The fourth-order valence-electron chi connectivity index (χ4n) is 5.81. The van der Waals surface area contributed by atoms with E-state index in [1.807, 2.05) is 6.92 Å². The molecule has 2 aliphatic rings. The van der Waals surface area contributed by atoms with Crippen molar-refractivity contribution in [2.45, 2.75) is 75.9 Å². The summed E-state index contributed by atoms with van der Waals surface area (Å²) in [4.78, 5) is 2.25. The van der Waals surface area contributed by atoms with Crippen molar-refractivity contribution in [1.82, 2.24) is 4.90 Å². The van der Waals surface area contributed by atoms with Gasteiger partial charge in [0.05, 0.1) is 29.9 Å². The summed E-state index contributed by atoms with van der Waals surface area (Å²) in [6.45, 7) is 5.06. The fourth-order valence-corrected chi connectivity index (χ4v) is 5.81. The lowest BCUT2D eigenvalue weighted by atomic mass is 9.74. The average Bonchev–Trinajstić information content (AvgIpc) is 2.88. The maximum atomic E-state index is 13.8. The molecule has 0 radical (unpaired) electrons. The van der Waals surface area contributed by atoms with Crippen LogP contribution in [0, 0.1) is 11.7 Å². The first-order valence-corrected chi connectivity index (χ1v) is 13.0. The first kappa shape index (κ1) is 29.8. The van der Waals surface area contributed by atoms with Gasteiger partial charge in [-0.1, -0.05) is 19.1 Å². The van der Waals surface area contributed by atoms with Crippen molar-refractivity contribution in [3.05, 3.63) is 70.5 Å². The first-order chi connectivity index (χ1) is 18.3. The zero-order chi connectivity index (χ0) is 28.5. The fraction of sp³-hybridized carbons (Fsp3) is 0.571. The number of aliphatic hydroxyl groups excluding tert-OH is 1. The monoisotopic (exact) mass is 563 g/mol. The molecule has 2 aliphatic heterocycles. The average molecular weight is 564 g/mol. The molecule has 0 saturated carbocycles. The largest absolute Gasteiger partial charge is 0.416 e. The van der Waals surface area contributed by atoms with Crippen LogP contribution >= 0.6 is 0 Å². The number of piperidine rings is 1. The summed E-state index contributed by atoms with van der Waals surface area (Å²) >= 11 is 0. The van der Waals surface area contributed by atoms with Crippen molar-refractivity contribution in [3.63, 3.8) is 0 Å². The highest BCUT2D eigenvalue weighted by molar-refractivity contribution is 5.35. The van der Waals surface area contributed by atoms with Gasteiger partial charge in [-0.05, 0) is 80.1 Å². The second kappa shape index (κ2) is 11.7. The molecule has 0 amide bonds. The van der Waals surface area contributed by atoms with Crippen molar-refractivity contribution in [3.8, 4) is 0 Å². The number of likely N-dealkylation sites (tertiary alicyclic amines) is 1. The smallest absolute Gasteiger partial charge is 0.393 e. The molecule has 6 unspecified atom stereocenters. The van der Waals surface area contributed by atoms with Gasteiger partial charge in [0.2, 0.25) is 0 Å². The second-order valence-corrected chi connectivity index (χ2v) is 10.3. The summed E-state index contributed by atoms with van der Waals surface area (Å²) in [6.07, 6.45) is -11.0. The molecular formula is C28H32F7NO3. The van der Waals surface area contributed by atoms with Crippen LogP contribution in [0.4, 0.5) is 30.7 Å². The summed E-state index contributed by atoms with van der Waals surface area (Å²) in [5, 5.41) is 10.4. The van der Waals surface area contributed by atoms with Crippen LogP contribution in [0.25, 0.3) is 0 Å². The van der Waals surface area contributed by atoms with Gasteiger partial charge in [0, 0.05) is 18.5 Å². The van der Waals surface area contributed by atoms with E-state index in [4.69, 9.17) is 9.47 Å². The highest BCUT2D eigenvalue weighted by Gasteiger charge is 2.45. The van der Waals surface area contributed by atoms with Gasteiger partial charge in [-0.15, -0.1) is 0 Å². The molecule has 4 rings (SSSR count). The third-order valence-corrected chi connectivity index (χ3v) is 7.79. The van der Waals surface area contributed by atoms with Gasteiger partial charge < -0.3 is 19.5 Å². The van der Waals surface area contributed by atoms with E-state index in [1.165, 1.54) is 19.1 Å². The summed E-state index contributed by atoms with van der Waals surface area (Å²) in [5.41, 5.74) is -2.45. The Morgan fingerprint density at radius 1 is 1.00 bits per heavy atom.